The fourth-order valence-electron chi connectivity index (χ4n) is 1.66. The number of Topliss-reactive ketones (excluding diaryl/α,β-unsaturated/α-hetero) is 1. The number of aryl methyl sites for hydroxylation is 1. The molecule has 1 heterocycles. The van der Waals surface area contributed by atoms with Crippen molar-refractivity contribution < 1.29 is 4.79 Å². The summed E-state index contributed by atoms with van der Waals surface area (Å²) < 4.78 is 0.913. The van der Waals surface area contributed by atoms with Crippen LogP contribution in [-0.2, 0) is 6.42 Å². The highest BCUT2D eigenvalue weighted by atomic mass is 127. The minimum absolute atomic E-state index is 0.0451. The lowest BCUT2D eigenvalue weighted by Crippen LogP contribution is -2.08. The minimum Gasteiger partial charge on any atom is -0.294 e. The Labute approximate surface area is 125 Å². The number of carbonyl (C=O) groups excluding carboxylic acids is 1. The van der Waals surface area contributed by atoms with Gasteiger partial charge in [-0.05, 0) is 59.3 Å². The Bertz CT molecular complexity index is 598. The summed E-state index contributed by atoms with van der Waals surface area (Å²) in [5.74, 6) is 0.0451. The lowest BCUT2D eigenvalue weighted by atomic mass is 10.0. The number of carbonyl (C=O) groups is 1. The molecule has 0 saturated carbocycles. The van der Waals surface area contributed by atoms with Crippen LogP contribution in [0.3, 0.4) is 0 Å². The van der Waals surface area contributed by atoms with E-state index in [2.05, 4.69) is 27.6 Å². The number of hydrogen-bond donors (Lipinski definition) is 0. The second-order valence-corrected chi connectivity index (χ2v) is 5.59. The molecule has 0 amide bonds. The van der Waals surface area contributed by atoms with Crippen molar-refractivity contribution >= 4 is 40.0 Å². The predicted molar refractivity (Wildman–Crippen MR) is 81.2 cm³/mol. The summed E-state index contributed by atoms with van der Waals surface area (Å²) in [6.07, 6.45) is 2.02. The van der Waals surface area contributed by atoms with Crippen LogP contribution in [0.15, 0.2) is 36.5 Å². The normalized spacial score (nSPS) is 10.4. The number of rotatable bonds is 3. The molecular formula is C14H11ClINO. The van der Waals surface area contributed by atoms with Crippen molar-refractivity contribution in [1.29, 1.82) is 0 Å². The zero-order valence-corrected chi connectivity index (χ0v) is 12.7. The van der Waals surface area contributed by atoms with Crippen molar-refractivity contribution in [2.45, 2.75) is 13.3 Å². The highest BCUT2D eigenvalue weighted by Gasteiger charge is 2.13. The summed E-state index contributed by atoms with van der Waals surface area (Å²) in [5, 5.41) is 0.580. The van der Waals surface area contributed by atoms with Crippen molar-refractivity contribution in [2.24, 2.45) is 0 Å². The van der Waals surface area contributed by atoms with Gasteiger partial charge in [-0.25, -0.2) is 0 Å². The third kappa shape index (κ3) is 3.09. The van der Waals surface area contributed by atoms with Crippen LogP contribution in [0.1, 0.15) is 21.6 Å². The van der Waals surface area contributed by atoms with Gasteiger partial charge < -0.3 is 0 Å². The van der Waals surface area contributed by atoms with Crippen LogP contribution in [0.5, 0.6) is 0 Å². The van der Waals surface area contributed by atoms with E-state index in [9.17, 15) is 4.79 Å². The van der Waals surface area contributed by atoms with E-state index < -0.39 is 0 Å². The highest BCUT2D eigenvalue weighted by Crippen LogP contribution is 2.20. The Kier molecular flexibility index (Phi) is 4.35. The molecule has 0 aliphatic rings. The molecule has 2 rings (SSSR count). The summed E-state index contributed by atoms with van der Waals surface area (Å²) in [6.45, 7) is 1.96. The van der Waals surface area contributed by atoms with Crippen LogP contribution in [-0.4, -0.2) is 10.8 Å². The molecule has 1 aromatic heterocycles. The van der Waals surface area contributed by atoms with E-state index in [0.717, 1.165) is 14.8 Å². The molecule has 4 heteroatoms. The van der Waals surface area contributed by atoms with Gasteiger partial charge in [-0.1, -0.05) is 17.7 Å². The van der Waals surface area contributed by atoms with Gasteiger partial charge in [0.25, 0.3) is 0 Å². The number of halogens is 2. The van der Waals surface area contributed by atoms with Gasteiger partial charge >= 0.3 is 0 Å². The quantitative estimate of drug-likeness (QED) is 0.601. The largest absolute Gasteiger partial charge is 0.294 e. The van der Waals surface area contributed by atoms with Crippen LogP contribution >= 0.6 is 34.2 Å². The van der Waals surface area contributed by atoms with Crippen molar-refractivity contribution in [3.8, 4) is 0 Å². The molecule has 0 radical (unpaired) electrons. The number of nitrogens with zero attached hydrogens (tertiary/aromatic N) is 1. The second kappa shape index (κ2) is 5.80. The second-order valence-electron chi connectivity index (χ2n) is 3.99. The lowest BCUT2D eigenvalue weighted by Gasteiger charge is -2.06. The zero-order valence-electron chi connectivity index (χ0n) is 9.78. The molecule has 0 saturated heterocycles. The van der Waals surface area contributed by atoms with Crippen molar-refractivity contribution in [3.05, 3.63) is 61.9 Å². The molecular weight excluding hydrogens is 361 g/mol. The van der Waals surface area contributed by atoms with Gasteiger partial charge in [0, 0.05) is 20.4 Å². The molecule has 18 heavy (non-hydrogen) atoms. The maximum Gasteiger partial charge on any atom is 0.169 e. The van der Waals surface area contributed by atoms with Crippen LogP contribution in [0.4, 0.5) is 0 Å². The van der Waals surface area contributed by atoms with Gasteiger partial charge in [0.2, 0.25) is 0 Å². The Morgan fingerprint density at radius 3 is 2.89 bits per heavy atom. The molecule has 2 aromatic rings. The third-order valence-corrected chi connectivity index (χ3v) is 3.85. The first-order valence-corrected chi connectivity index (χ1v) is 6.92. The molecule has 0 aliphatic heterocycles. The maximum absolute atomic E-state index is 12.2. The highest BCUT2D eigenvalue weighted by molar-refractivity contribution is 14.1. The summed E-state index contributed by atoms with van der Waals surface area (Å²) in [7, 11) is 0. The van der Waals surface area contributed by atoms with E-state index in [1.54, 1.807) is 18.3 Å². The summed E-state index contributed by atoms with van der Waals surface area (Å²) >= 11 is 8.07. The maximum atomic E-state index is 12.2. The number of benzene rings is 1. The molecule has 0 unspecified atom stereocenters. The molecule has 0 bridgehead atoms. The van der Waals surface area contributed by atoms with E-state index >= 15 is 0 Å². The summed E-state index contributed by atoms with van der Waals surface area (Å²) in [6, 6.07) is 9.17. The fraction of sp³-hybridized carbons (Fsp3) is 0.143. The predicted octanol–water partition coefficient (Wildman–Crippen LogP) is 4.07. The first-order valence-electron chi connectivity index (χ1n) is 5.46. The van der Waals surface area contributed by atoms with Gasteiger partial charge in [-0.15, -0.1) is 0 Å². The zero-order chi connectivity index (χ0) is 13.1. The number of aromatic nitrogens is 1. The topological polar surface area (TPSA) is 30.0 Å². The van der Waals surface area contributed by atoms with Gasteiger partial charge in [-0.2, -0.15) is 0 Å². The monoisotopic (exact) mass is 371 g/mol. The Morgan fingerprint density at radius 1 is 1.39 bits per heavy atom. The van der Waals surface area contributed by atoms with Crippen molar-refractivity contribution in [2.75, 3.05) is 0 Å². The third-order valence-electron chi connectivity index (χ3n) is 2.67. The van der Waals surface area contributed by atoms with Crippen molar-refractivity contribution in [1.82, 2.24) is 4.98 Å². The Morgan fingerprint density at radius 2 is 2.17 bits per heavy atom. The van der Waals surface area contributed by atoms with Gasteiger partial charge in [0.1, 0.15) is 0 Å². The molecule has 0 atom stereocenters. The van der Waals surface area contributed by atoms with E-state index in [0.29, 0.717) is 17.0 Å². The summed E-state index contributed by atoms with van der Waals surface area (Å²) in [5.41, 5.74) is 2.51. The smallest absolute Gasteiger partial charge is 0.169 e. The van der Waals surface area contributed by atoms with Crippen LogP contribution < -0.4 is 0 Å². The molecule has 0 aliphatic carbocycles. The average molecular weight is 372 g/mol. The van der Waals surface area contributed by atoms with Crippen LogP contribution in [0.25, 0.3) is 0 Å². The van der Waals surface area contributed by atoms with E-state index in [1.807, 2.05) is 25.1 Å². The number of pyridine rings is 1. The first-order chi connectivity index (χ1) is 8.58. The molecule has 1 aromatic carbocycles. The average Bonchev–Trinajstić information content (AvgIpc) is 2.35. The molecule has 0 fully saturated rings. The van der Waals surface area contributed by atoms with Crippen molar-refractivity contribution in [3.63, 3.8) is 0 Å². The van der Waals surface area contributed by atoms with Gasteiger partial charge in [0.05, 0.1) is 12.1 Å². The van der Waals surface area contributed by atoms with Gasteiger partial charge in [0.15, 0.2) is 5.78 Å². The summed E-state index contributed by atoms with van der Waals surface area (Å²) in [4.78, 5) is 16.5. The standard InChI is InChI=1S/C14H11ClINO/c1-9-3-2-6-17-13(9)8-14(18)11-7-10(15)4-5-12(11)16/h2-7H,8H2,1H3. The molecule has 92 valence electrons. The van der Waals surface area contributed by atoms with E-state index in [1.165, 1.54) is 0 Å². The Hall–Kier alpha value is -0.940. The van der Waals surface area contributed by atoms with E-state index in [-0.39, 0.29) is 5.78 Å². The first kappa shape index (κ1) is 13.5. The molecule has 0 spiro atoms. The Balaban J connectivity index is 2.28. The molecule has 0 N–H and O–H groups in total. The number of hydrogen-bond acceptors (Lipinski definition) is 2. The van der Waals surface area contributed by atoms with Gasteiger partial charge in [-0.3, -0.25) is 9.78 Å². The number of ketones is 1. The van der Waals surface area contributed by atoms with Crippen LogP contribution in [0, 0.1) is 10.5 Å². The van der Waals surface area contributed by atoms with Crippen LogP contribution in [0.2, 0.25) is 5.02 Å². The SMILES string of the molecule is Cc1cccnc1CC(=O)c1cc(Cl)ccc1I. The molecule has 2 nitrogen and oxygen atoms in total. The minimum atomic E-state index is 0.0451. The van der Waals surface area contributed by atoms with E-state index in [4.69, 9.17) is 11.6 Å². The fourth-order valence-corrected chi connectivity index (χ4v) is 2.47. The lowest BCUT2D eigenvalue weighted by molar-refractivity contribution is 0.0991.